The molecule has 0 saturated heterocycles. The molecule has 0 heterocycles. The molecule has 0 amide bonds. The Morgan fingerprint density at radius 3 is 2.10 bits per heavy atom. The van der Waals surface area contributed by atoms with Gasteiger partial charge in [0.1, 0.15) is 0 Å². The zero-order valence-corrected chi connectivity index (χ0v) is 15.3. The molecule has 20 heavy (non-hydrogen) atoms. The van der Waals surface area contributed by atoms with E-state index in [1.807, 2.05) is 0 Å². The Morgan fingerprint density at radius 1 is 1.20 bits per heavy atom. The van der Waals surface area contributed by atoms with Crippen molar-refractivity contribution in [2.45, 2.75) is 59.3 Å². The summed E-state index contributed by atoms with van der Waals surface area (Å²) < 4.78 is 0. The van der Waals surface area contributed by atoms with Gasteiger partial charge in [0.15, 0.2) is 0 Å². The first-order valence-corrected chi connectivity index (χ1v) is 6.89. The number of carboxylic acid groups (broad SMARTS) is 2. The Bertz CT molecular complexity index is 276. The second-order valence-corrected chi connectivity index (χ2v) is 4.31. The number of carboxylic acids is 2. The van der Waals surface area contributed by atoms with Crippen molar-refractivity contribution < 1.29 is 50.8 Å². The molecule has 0 aromatic rings. The van der Waals surface area contributed by atoms with Gasteiger partial charge < -0.3 is 11.6 Å². The Kier molecular flexibility index (Phi) is 22.9. The van der Waals surface area contributed by atoms with Gasteiger partial charge in [0.25, 0.3) is 0 Å². The molecule has 0 saturated carbocycles. The number of unbranched alkanes of at least 4 members (excludes halogenated alkanes) is 1. The van der Waals surface area contributed by atoms with Gasteiger partial charge in [-0.1, -0.05) is 40.0 Å². The van der Waals surface area contributed by atoms with Gasteiger partial charge in [-0.3, -0.25) is 14.6 Å². The molecule has 0 aromatic carbocycles. The molecular formula is C14H28NNaO4. The molecule has 5 nitrogen and oxygen atoms in total. The molecular weight excluding hydrogens is 269 g/mol. The van der Waals surface area contributed by atoms with Crippen molar-refractivity contribution in [1.29, 1.82) is 0 Å². The third-order valence-electron chi connectivity index (χ3n) is 2.60. The first-order chi connectivity index (χ1) is 8.97. The number of nitrogens with zero attached hydrogens (tertiary/aromatic N) is 1. The van der Waals surface area contributed by atoms with Crippen molar-refractivity contribution in [3.8, 4) is 0 Å². The van der Waals surface area contributed by atoms with E-state index in [2.05, 4.69) is 18.8 Å². The first kappa shape index (κ1) is 24.6. The minimum atomic E-state index is -0.810. The van der Waals surface area contributed by atoms with Crippen LogP contribution in [0.4, 0.5) is 0 Å². The van der Waals surface area contributed by atoms with Crippen molar-refractivity contribution in [1.82, 2.24) is 0 Å². The van der Waals surface area contributed by atoms with E-state index in [4.69, 9.17) is 10.2 Å². The van der Waals surface area contributed by atoms with Gasteiger partial charge in [-0.15, -0.1) is 0 Å². The molecule has 2 N–H and O–H groups in total. The average molecular weight is 297 g/mol. The van der Waals surface area contributed by atoms with E-state index >= 15 is 0 Å². The van der Waals surface area contributed by atoms with E-state index in [1.165, 1.54) is 25.5 Å². The zero-order chi connectivity index (χ0) is 15.1. The molecule has 6 heteroatoms. The van der Waals surface area contributed by atoms with Gasteiger partial charge in [-0.05, 0) is 12.3 Å². The molecule has 114 valence electrons. The summed E-state index contributed by atoms with van der Waals surface area (Å²) in [5.41, 5.74) is 0. The molecule has 0 bridgehead atoms. The summed E-state index contributed by atoms with van der Waals surface area (Å²) >= 11 is 0. The summed E-state index contributed by atoms with van der Waals surface area (Å²) in [4.78, 5) is 23.7. The van der Waals surface area contributed by atoms with Crippen molar-refractivity contribution >= 4 is 18.2 Å². The number of carbonyl (C=O) groups is 2. The van der Waals surface area contributed by atoms with Gasteiger partial charge in [-0.25, -0.2) is 0 Å². The molecule has 0 fully saturated rings. The Balaban J connectivity index is -0.000000179. The van der Waals surface area contributed by atoms with Crippen LogP contribution in [0.15, 0.2) is 4.99 Å². The Morgan fingerprint density at radius 2 is 1.75 bits per heavy atom. The van der Waals surface area contributed by atoms with E-state index in [9.17, 15) is 9.59 Å². The summed E-state index contributed by atoms with van der Waals surface area (Å²) in [5.74, 6) is -0.930. The predicted molar refractivity (Wildman–Crippen MR) is 78.0 cm³/mol. The quantitative estimate of drug-likeness (QED) is 0.475. The summed E-state index contributed by atoms with van der Waals surface area (Å²) in [7, 11) is 0. The fourth-order valence-electron chi connectivity index (χ4n) is 1.28. The topological polar surface area (TPSA) is 87.0 Å². The van der Waals surface area contributed by atoms with E-state index in [1.54, 1.807) is 6.92 Å². The van der Waals surface area contributed by atoms with Crippen molar-refractivity contribution in [2.24, 2.45) is 10.9 Å². The first-order valence-electron chi connectivity index (χ1n) is 6.89. The molecule has 0 aliphatic rings. The molecule has 0 rings (SSSR count). The monoisotopic (exact) mass is 297 g/mol. The van der Waals surface area contributed by atoms with Crippen LogP contribution in [0.2, 0.25) is 0 Å². The second-order valence-electron chi connectivity index (χ2n) is 4.31. The molecule has 0 aromatic heterocycles. The van der Waals surface area contributed by atoms with Gasteiger partial charge in [0, 0.05) is 19.2 Å². The third-order valence-corrected chi connectivity index (χ3v) is 2.60. The van der Waals surface area contributed by atoms with Crippen LogP contribution >= 0.6 is 0 Å². The molecule has 0 spiro atoms. The number of hydrogen-bond donors (Lipinski definition) is 2. The van der Waals surface area contributed by atoms with Crippen LogP contribution in [0.25, 0.3) is 0 Å². The van der Waals surface area contributed by atoms with Crippen LogP contribution < -0.4 is 29.6 Å². The fraction of sp³-hybridized carbons (Fsp3) is 0.786. The van der Waals surface area contributed by atoms with Gasteiger partial charge in [0.2, 0.25) is 0 Å². The van der Waals surface area contributed by atoms with Crippen LogP contribution in [0, 0.1) is 5.92 Å². The summed E-state index contributed by atoms with van der Waals surface area (Å²) in [5, 5.41) is 16.1. The van der Waals surface area contributed by atoms with Crippen LogP contribution in [-0.4, -0.2) is 34.9 Å². The largest absolute Gasteiger partial charge is 1.00 e. The smallest absolute Gasteiger partial charge is 1.00 e. The van der Waals surface area contributed by atoms with Crippen molar-refractivity contribution in [2.75, 3.05) is 6.54 Å². The number of hydrogen-bond acceptors (Lipinski definition) is 3. The van der Waals surface area contributed by atoms with Gasteiger partial charge in [-0.2, -0.15) is 0 Å². The Labute approximate surface area is 145 Å². The summed E-state index contributed by atoms with van der Waals surface area (Å²) in [6.45, 7) is 6.72. The fourth-order valence-corrected chi connectivity index (χ4v) is 1.28. The van der Waals surface area contributed by atoms with Crippen molar-refractivity contribution in [3.05, 3.63) is 0 Å². The Hall–Kier alpha value is -0.390. The average Bonchev–Trinajstić information content (AvgIpc) is 2.38. The normalized spacial score (nSPS) is 11.2. The SMILES string of the molecule is CCC(=O)O.CCCCC(CC)CN=CCC(=O)O.[H-].[Na+]. The molecule has 1 atom stereocenters. The van der Waals surface area contributed by atoms with Crippen molar-refractivity contribution in [3.63, 3.8) is 0 Å². The molecule has 0 aliphatic carbocycles. The minimum absolute atomic E-state index is 0. The van der Waals surface area contributed by atoms with E-state index in [0.29, 0.717) is 5.92 Å². The summed E-state index contributed by atoms with van der Waals surface area (Å²) in [6, 6.07) is 0. The van der Waals surface area contributed by atoms with E-state index in [-0.39, 0.29) is 43.8 Å². The summed E-state index contributed by atoms with van der Waals surface area (Å²) in [6.07, 6.45) is 6.57. The van der Waals surface area contributed by atoms with Crippen LogP contribution in [0.3, 0.4) is 0 Å². The van der Waals surface area contributed by atoms with E-state index < -0.39 is 11.9 Å². The standard InChI is InChI=1S/C11H21NO2.C3H6O2.Na.H/c1-3-5-6-10(4-2)9-12-8-7-11(13)14;1-2-3(4)5;;/h8,10H,3-7,9H2,1-2H3,(H,13,14);2H2,1H3,(H,4,5);;/q;;+1;-1. The van der Waals surface area contributed by atoms with Crippen LogP contribution in [0.5, 0.6) is 0 Å². The van der Waals surface area contributed by atoms with Gasteiger partial charge >= 0.3 is 41.5 Å². The maximum Gasteiger partial charge on any atom is 1.00 e. The molecule has 0 radical (unpaired) electrons. The van der Waals surface area contributed by atoms with Crippen LogP contribution in [0.1, 0.15) is 60.7 Å². The number of aliphatic imine (C=N–C) groups is 1. The van der Waals surface area contributed by atoms with Crippen LogP contribution in [-0.2, 0) is 9.59 Å². The predicted octanol–water partition coefficient (Wildman–Crippen LogP) is 0.346. The zero-order valence-electron chi connectivity index (χ0n) is 14.3. The number of aliphatic carboxylic acids is 2. The van der Waals surface area contributed by atoms with E-state index in [0.717, 1.165) is 13.0 Å². The molecule has 0 aliphatic heterocycles. The minimum Gasteiger partial charge on any atom is -1.00 e. The second kappa shape index (κ2) is 18.6. The number of rotatable bonds is 9. The maximum atomic E-state index is 10.2. The maximum absolute atomic E-state index is 10.2. The molecule has 1 unspecified atom stereocenters. The third kappa shape index (κ3) is 22.8. The van der Waals surface area contributed by atoms with Gasteiger partial charge in [0.05, 0.1) is 6.42 Å².